The number of hydrogen-bond donors (Lipinski definition) is 0. The molecule has 1 aromatic carbocycles. The molecule has 2 nitrogen and oxygen atoms in total. The average Bonchev–Trinajstić information content (AvgIpc) is 2.09. The van der Waals surface area contributed by atoms with E-state index in [1.807, 2.05) is 0 Å². The predicted octanol–water partition coefficient (Wildman–Crippen LogP) is 2.95. The molecule has 3 heteroatoms. The number of benzene rings is 1. The van der Waals surface area contributed by atoms with Crippen molar-refractivity contribution in [3.8, 4) is 0 Å². The Morgan fingerprint density at radius 3 is 2.92 bits per heavy atom. The van der Waals surface area contributed by atoms with Crippen molar-refractivity contribution in [3.63, 3.8) is 0 Å². The molecule has 1 aromatic rings. The molecular formula is C9H6ClNO. The van der Waals surface area contributed by atoms with Gasteiger partial charge in [-0.1, -0.05) is 24.3 Å². The lowest BCUT2D eigenvalue weighted by atomic mass is 10.2. The maximum Gasteiger partial charge on any atom is 0.240 e. The Bertz CT molecular complexity index is 354. The van der Waals surface area contributed by atoms with E-state index in [2.05, 4.69) is 11.6 Å². The van der Waals surface area contributed by atoms with Crippen LogP contribution in [0.1, 0.15) is 5.56 Å². The summed E-state index contributed by atoms with van der Waals surface area (Å²) in [5.41, 5.74) is 1.29. The van der Waals surface area contributed by atoms with Crippen LogP contribution in [-0.4, -0.2) is 6.08 Å². The Morgan fingerprint density at radius 1 is 1.58 bits per heavy atom. The molecule has 0 spiro atoms. The van der Waals surface area contributed by atoms with Crippen molar-refractivity contribution >= 4 is 29.4 Å². The van der Waals surface area contributed by atoms with E-state index < -0.39 is 0 Å². The van der Waals surface area contributed by atoms with Crippen LogP contribution in [0, 0.1) is 0 Å². The van der Waals surface area contributed by atoms with Gasteiger partial charge in [-0.2, -0.15) is 4.99 Å². The molecule has 60 valence electrons. The SMILES string of the molecule is C=Cc1cc(N=C=O)ccc1Cl. The highest BCUT2D eigenvalue weighted by molar-refractivity contribution is 6.32. The molecular weight excluding hydrogens is 174 g/mol. The zero-order valence-corrected chi connectivity index (χ0v) is 7.01. The smallest absolute Gasteiger partial charge is 0.211 e. The highest BCUT2D eigenvalue weighted by atomic mass is 35.5. The predicted molar refractivity (Wildman–Crippen MR) is 49.3 cm³/mol. The van der Waals surface area contributed by atoms with Gasteiger partial charge in [-0.15, -0.1) is 0 Å². The largest absolute Gasteiger partial charge is 0.240 e. The molecule has 0 unspecified atom stereocenters. The van der Waals surface area contributed by atoms with E-state index in [0.717, 1.165) is 5.56 Å². The van der Waals surface area contributed by atoms with Gasteiger partial charge in [-0.25, -0.2) is 4.79 Å². The van der Waals surface area contributed by atoms with Crippen LogP contribution < -0.4 is 0 Å². The van der Waals surface area contributed by atoms with Crippen molar-refractivity contribution in [2.45, 2.75) is 0 Å². The standard InChI is InChI=1S/C9H6ClNO/c1-2-7-5-8(11-6-12)3-4-9(7)10/h2-5H,1H2. The van der Waals surface area contributed by atoms with Gasteiger partial charge in [0, 0.05) is 5.02 Å². The van der Waals surface area contributed by atoms with Crippen LogP contribution in [0.5, 0.6) is 0 Å². The molecule has 12 heavy (non-hydrogen) atoms. The number of nitrogens with zero attached hydrogens (tertiary/aromatic N) is 1. The van der Waals surface area contributed by atoms with E-state index >= 15 is 0 Å². The Kier molecular flexibility index (Phi) is 2.81. The van der Waals surface area contributed by atoms with Gasteiger partial charge >= 0.3 is 0 Å². The lowest BCUT2D eigenvalue weighted by Gasteiger charge is -1.97. The first-order chi connectivity index (χ1) is 5.77. The minimum atomic E-state index is 0.532. The van der Waals surface area contributed by atoms with Gasteiger partial charge in [0.25, 0.3) is 0 Å². The summed E-state index contributed by atoms with van der Waals surface area (Å²) in [4.78, 5) is 13.4. The maximum absolute atomic E-state index is 9.91. The third-order valence-electron chi connectivity index (χ3n) is 1.37. The number of hydrogen-bond acceptors (Lipinski definition) is 2. The molecule has 0 N–H and O–H groups in total. The summed E-state index contributed by atoms with van der Waals surface area (Å²) >= 11 is 5.79. The second-order valence-corrected chi connectivity index (χ2v) is 2.52. The van der Waals surface area contributed by atoms with E-state index in [1.54, 1.807) is 24.3 Å². The van der Waals surface area contributed by atoms with Crippen LogP contribution >= 0.6 is 11.6 Å². The molecule has 0 radical (unpaired) electrons. The lowest BCUT2D eigenvalue weighted by molar-refractivity contribution is 0.565. The van der Waals surface area contributed by atoms with E-state index in [9.17, 15) is 4.79 Å². The van der Waals surface area contributed by atoms with E-state index in [0.29, 0.717) is 10.7 Å². The molecule has 0 aromatic heterocycles. The number of aliphatic imine (C=N–C) groups is 1. The molecule has 1 rings (SSSR count). The van der Waals surface area contributed by atoms with Gasteiger partial charge in [0.15, 0.2) is 0 Å². The van der Waals surface area contributed by atoms with Crippen molar-refractivity contribution in [3.05, 3.63) is 35.4 Å². The van der Waals surface area contributed by atoms with Crippen LogP contribution in [0.3, 0.4) is 0 Å². The van der Waals surface area contributed by atoms with Crippen molar-refractivity contribution in [1.29, 1.82) is 0 Å². The minimum Gasteiger partial charge on any atom is -0.211 e. The summed E-state index contributed by atoms with van der Waals surface area (Å²) < 4.78 is 0. The van der Waals surface area contributed by atoms with E-state index in [-0.39, 0.29) is 0 Å². The first-order valence-electron chi connectivity index (χ1n) is 3.28. The number of carbonyl (C=O) groups excluding carboxylic acids is 1. The summed E-state index contributed by atoms with van der Waals surface area (Å²) in [6.45, 7) is 3.57. The molecule has 0 heterocycles. The molecule has 0 aliphatic carbocycles. The highest BCUT2D eigenvalue weighted by Gasteiger charge is 1.96. The Hall–Kier alpha value is -1.37. The zero-order chi connectivity index (χ0) is 8.97. The number of isocyanates is 1. The molecule has 0 atom stereocenters. The molecule has 0 bridgehead atoms. The second kappa shape index (κ2) is 3.86. The summed E-state index contributed by atoms with van der Waals surface area (Å²) in [5, 5.41) is 0.592. The van der Waals surface area contributed by atoms with Gasteiger partial charge in [0.05, 0.1) is 5.69 Å². The summed E-state index contributed by atoms with van der Waals surface area (Å²) in [7, 11) is 0. The summed E-state index contributed by atoms with van der Waals surface area (Å²) in [5.74, 6) is 0. The lowest BCUT2D eigenvalue weighted by Crippen LogP contribution is -1.73. The first kappa shape index (κ1) is 8.72. The van der Waals surface area contributed by atoms with Crippen LogP contribution in [0.2, 0.25) is 5.02 Å². The zero-order valence-electron chi connectivity index (χ0n) is 6.25. The van der Waals surface area contributed by atoms with Gasteiger partial charge in [-0.05, 0) is 23.8 Å². The Labute approximate surface area is 75.2 Å². The minimum absolute atomic E-state index is 0.532. The topological polar surface area (TPSA) is 29.4 Å². The molecule has 0 amide bonds. The fourth-order valence-corrected chi connectivity index (χ4v) is 1.00. The fourth-order valence-electron chi connectivity index (χ4n) is 0.810. The third-order valence-corrected chi connectivity index (χ3v) is 1.72. The number of halogens is 1. The van der Waals surface area contributed by atoms with Crippen molar-refractivity contribution in [2.24, 2.45) is 4.99 Å². The first-order valence-corrected chi connectivity index (χ1v) is 3.65. The van der Waals surface area contributed by atoms with Gasteiger partial charge in [0.2, 0.25) is 6.08 Å². The quantitative estimate of drug-likeness (QED) is 0.507. The highest BCUT2D eigenvalue weighted by Crippen LogP contribution is 2.22. The molecule has 0 saturated heterocycles. The monoisotopic (exact) mass is 179 g/mol. The van der Waals surface area contributed by atoms with E-state index in [1.165, 1.54) is 6.08 Å². The average molecular weight is 180 g/mol. The van der Waals surface area contributed by atoms with Crippen LogP contribution in [0.25, 0.3) is 6.08 Å². The van der Waals surface area contributed by atoms with Gasteiger partial charge in [-0.3, -0.25) is 0 Å². The fraction of sp³-hybridized carbons (Fsp3) is 0. The van der Waals surface area contributed by atoms with Gasteiger partial charge in [0.1, 0.15) is 0 Å². The van der Waals surface area contributed by atoms with E-state index in [4.69, 9.17) is 11.6 Å². The maximum atomic E-state index is 9.91. The van der Waals surface area contributed by atoms with Crippen LogP contribution in [0.15, 0.2) is 29.8 Å². The third kappa shape index (κ3) is 1.82. The molecule has 0 fully saturated rings. The van der Waals surface area contributed by atoms with Crippen LogP contribution in [0.4, 0.5) is 5.69 Å². The summed E-state index contributed by atoms with van der Waals surface area (Å²) in [6, 6.07) is 4.97. The van der Waals surface area contributed by atoms with Crippen molar-refractivity contribution < 1.29 is 4.79 Å². The number of rotatable bonds is 2. The Morgan fingerprint density at radius 2 is 2.33 bits per heavy atom. The summed E-state index contributed by atoms with van der Waals surface area (Å²) in [6.07, 6.45) is 3.06. The second-order valence-electron chi connectivity index (χ2n) is 2.11. The van der Waals surface area contributed by atoms with Crippen molar-refractivity contribution in [2.75, 3.05) is 0 Å². The Balaban J connectivity index is 3.21. The van der Waals surface area contributed by atoms with Gasteiger partial charge < -0.3 is 0 Å². The molecule has 0 aliphatic rings. The normalized spacial score (nSPS) is 8.75. The molecule has 0 saturated carbocycles. The molecule has 0 aliphatic heterocycles. The van der Waals surface area contributed by atoms with Crippen molar-refractivity contribution in [1.82, 2.24) is 0 Å². The van der Waals surface area contributed by atoms with Crippen LogP contribution in [-0.2, 0) is 4.79 Å².